The van der Waals surface area contributed by atoms with Gasteiger partial charge in [-0.05, 0) is 18.6 Å². The summed E-state index contributed by atoms with van der Waals surface area (Å²) in [7, 11) is 1.53. The Hall–Kier alpha value is -1.94. The summed E-state index contributed by atoms with van der Waals surface area (Å²) in [6.45, 7) is 1.91. The molecule has 1 aliphatic carbocycles. The van der Waals surface area contributed by atoms with Crippen molar-refractivity contribution < 1.29 is 14.3 Å². The van der Waals surface area contributed by atoms with Crippen molar-refractivity contribution in [2.24, 2.45) is 0 Å². The molecule has 2 aromatic rings. The summed E-state index contributed by atoms with van der Waals surface area (Å²) in [5.74, 6) is 0.219. The van der Waals surface area contributed by atoms with E-state index in [0.717, 1.165) is 11.1 Å². The van der Waals surface area contributed by atoms with Gasteiger partial charge in [0.05, 0.1) is 12.7 Å². The lowest BCUT2D eigenvalue weighted by molar-refractivity contribution is 0.0976. The van der Waals surface area contributed by atoms with Crippen molar-refractivity contribution in [3.63, 3.8) is 0 Å². The van der Waals surface area contributed by atoms with E-state index in [1.807, 2.05) is 6.92 Å². The molecule has 0 heterocycles. The molecular weight excluding hydrogens is 332 g/mol. The molecule has 0 atom stereocenters. The number of alkyl halides is 1. The number of benzene rings is 2. The van der Waals surface area contributed by atoms with Gasteiger partial charge in [0.2, 0.25) is 0 Å². The molecule has 4 heteroatoms. The van der Waals surface area contributed by atoms with E-state index in [0.29, 0.717) is 33.3 Å². The van der Waals surface area contributed by atoms with E-state index in [-0.39, 0.29) is 11.6 Å². The van der Waals surface area contributed by atoms with E-state index in [9.17, 15) is 9.59 Å². The molecule has 2 aromatic carbocycles. The Morgan fingerprint density at radius 3 is 2.24 bits per heavy atom. The Kier molecular flexibility index (Phi) is 3.41. The van der Waals surface area contributed by atoms with Gasteiger partial charge in [0.15, 0.2) is 11.6 Å². The predicted molar refractivity (Wildman–Crippen MR) is 83.7 cm³/mol. The standard InChI is InChI=1S/C17H13BrO3/c1-9-7-12-14(17(21-2)13(9)8-18)16(20)11-6-4-3-5-10(11)15(12)19/h3-7H,8H2,1-2H3. The molecule has 0 unspecified atom stereocenters. The highest BCUT2D eigenvalue weighted by molar-refractivity contribution is 9.08. The Morgan fingerprint density at radius 1 is 1.05 bits per heavy atom. The lowest BCUT2D eigenvalue weighted by Gasteiger charge is -2.22. The van der Waals surface area contributed by atoms with Crippen molar-refractivity contribution in [3.8, 4) is 5.75 Å². The van der Waals surface area contributed by atoms with Gasteiger partial charge in [0.1, 0.15) is 5.75 Å². The molecule has 3 rings (SSSR count). The van der Waals surface area contributed by atoms with Gasteiger partial charge in [0.25, 0.3) is 0 Å². The summed E-state index contributed by atoms with van der Waals surface area (Å²) in [6.07, 6.45) is 0. The molecule has 106 valence electrons. The second-order valence-electron chi connectivity index (χ2n) is 4.97. The minimum Gasteiger partial charge on any atom is -0.496 e. The fourth-order valence-corrected chi connectivity index (χ4v) is 3.48. The van der Waals surface area contributed by atoms with Crippen LogP contribution in [0, 0.1) is 6.92 Å². The summed E-state index contributed by atoms with van der Waals surface area (Å²) >= 11 is 3.42. The summed E-state index contributed by atoms with van der Waals surface area (Å²) < 4.78 is 5.45. The van der Waals surface area contributed by atoms with Gasteiger partial charge in [0, 0.05) is 27.6 Å². The van der Waals surface area contributed by atoms with E-state index >= 15 is 0 Å². The van der Waals surface area contributed by atoms with Crippen LogP contribution in [0.3, 0.4) is 0 Å². The van der Waals surface area contributed by atoms with Crippen molar-refractivity contribution in [1.82, 2.24) is 0 Å². The molecule has 0 saturated heterocycles. The third kappa shape index (κ3) is 1.94. The van der Waals surface area contributed by atoms with Crippen LogP contribution < -0.4 is 4.74 Å². The van der Waals surface area contributed by atoms with Crippen LogP contribution in [0.2, 0.25) is 0 Å². The molecule has 0 aromatic heterocycles. The number of methoxy groups -OCH3 is 1. The topological polar surface area (TPSA) is 43.4 Å². The third-order valence-corrected chi connectivity index (χ3v) is 4.39. The van der Waals surface area contributed by atoms with Gasteiger partial charge in [-0.25, -0.2) is 0 Å². The Bertz CT molecular complexity index is 778. The van der Waals surface area contributed by atoms with Crippen LogP contribution in [0.15, 0.2) is 30.3 Å². The fourth-order valence-electron chi connectivity index (χ4n) is 2.78. The van der Waals surface area contributed by atoms with Crippen LogP contribution in [-0.4, -0.2) is 18.7 Å². The molecule has 3 nitrogen and oxygen atoms in total. The second-order valence-corrected chi connectivity index (χ2v) is 5.53. The van der Waals surface area contributed by atoms with Crippen LogP contribution in [0.4, 0.5) is 0 Å². The number of aryl methyl sites for hydroxylation is 1. The van der Waals surface area contributed by atoms with Crippen LogP contribution in [0.25, 0.3) is 0 Å². The van der Waals surface area contributed by atoms with Crippen LogP contribution in [-0.2, 0) is 5.33 Å². The van der Waals surface area contributed by atoms with Crippen molar-refractivity contribution in [2.45, 2.75) is 12.3 Å². The first-order valence-electron chi connectivity index (χ1n) is 6.55. The van der Waals surface area contributed by atoms with Crippen molar-refractivity contribution in [3.05, 3.63) is 63.7 Å². The van der Waals surface area contributed by atoms with E-state index in [1.165, 1.54) is 7.11 Å². The summed E-state index contributed by atoms with van der Waals surface area (Å²) in [4.78, 5) is 25.4. The Morgan fingerprint density at radius 2 is 1.67 bits per heavy atom. The minimum absolute atomic E-state index is 0.122. The molecule has 1 aliphatic rings. The smallest absolute Gasteiger partial charge is 0.198 e. The highest BCUT2D eigenvalue weighted by atomic mass is 79.9. The molecule has 0 spiro atoms. The van der Waals surface area contributed by atoms with Gasteiger partial charge in [-0.3, -0.25) is 9.59 Å². The SMILES string of the molecule is COc1c(CBr)c(C)cc2c1C(=O)c1ccccc1C2=O. The summed E-state index contributed by atoms with van der Waals surface area (Å²) in [6, 6.07) is 8.70. The largest absolute Gasteiger partial charge is 0.496 e. The van der Waals surface area contributed by atoms with Gasteiger partial charge in [-0.1, -0.05) is 40.2 Å². The average Bonchev–Trinajstić information content (AvgIpc) is 2.51. The number of ketones is 2. The number of halogens is 1. The molecule has 0 N–H and O–H groups in total. The number of hydrogen-bond donors (Lipinski definition) is 0. The van der Waals surface area contributed by atoms with E-state index in [4.69, 9.17) is 4.74 Å². The van der Waals surface area contributed by atoms with Gasteiger partial charge in [-0.15, -0.1) is 0 Å². The second kappa shape index (κ2) is 5.11. The van der Waals surface area contributed by atoms with Gasteiger partial charge < -0.3 is 4.74 Å². The summed E-state index contributed by atoms with van der Waals surface area (Å²) in [5, 5.41) is 0.568. The summed E-state index contributed by atoms with van der Waals surface area (Å²) in [5.41, 5.74) is 3.54. The number of hydrogen-bond acceptors (Lipinski definition) is 3. The van der Waals surface area contributed by atoms with E-state index < -0.39 is 0 Å². The van der Waals surface area contributed by atoms with Crippen LogP contribution >= 0.6 is 15.9 Å². The number of carbonyl (C=O) groups is 2. The highest BCUT2D eigenvalue weighted by Crippen LogP contribution is 2.38. The maximum atomic E-state index is 12.8. The predicted octanol–water partition coefficient (Wildman–Crippen LogP) is 3.67. The maximum Gasteiger partial charge on any atom is 0.198 e. The number of rotatable bonds is 2. The lowest BCUT2D eigenvalue weighted by atomic mass is 9.81. The Balaban J connectivity index is 2.38. The molecule has 0 radical (unpaired) electrons. The first-order valence-corrected chi connectivity index (χ1v) is 7.67. The number of fused-ring (bicyclic) bond motifs is 2. The zero-order valence-electron chi connectivity index (χ0n) is 11.7. The normalized spacial score (nSPS) is 12.9. The molecule has 0 aliphatic heterocycles. The first kappa shape index (κ1) is 14.0. The van der Waals surface area contributed by atoms with Crippen LogP contribution in [0.1, 0.15) is 43.0 Å². The zero-order chi connectivity index (χ0) is 15.1. The fraction of sp³-hybridized carbons (Fsp3) is 0.176. The minimum atomic E-state index is -0.153. The van der Waals surface area contributed by atoms with Crippen molar-refractivity contribution >= 4 is 27.5 Å². The van der Waals surface area contributed by atoms with E-state index in [1.54, 1.807) is 30.3 Å². The van der Waals surface area contributed by atoms with Gasteiger partial charge in [-0.2, -0.15) is 0 Å². The average molecular weight is 345 g/mol. The molecular formula is C17H13BrO3. The molecule has 21 heavy (non-hydrogen) atoms. The molecule has 0 bridgehead atoms. The zero-order valence-corrected chi connectivity index (χ0v) is 13.3. The quantitative estimate of drug-likeness (QED) is 0.666. The Labute approximate surface area is 131 Å². The monoisotopic (exact) mass is 344 g/mol. The first-order chi connectivity index (χ1) is 10.1. The third-order valence-electron chi connectivity index (χ3n) is 3.83. The van der Waals surface area contributed by atoms with E-state index in [2.05, 4.69) is 15.9 Å². The number of ether oxygens (including phenoxy) is 1. The highest BCUT2D eigenvalue weighted by Gasteiger charge is 2.33. The molecule has 0 saturated carbocycles. The van der Waals surface area contributed by atoms with Crippen LogP contribution in [0.5, 0.6) is 5.75 Å². The number of carbonyl (C=O) groups excluding carboxylic acids is 2. The van der Waals surface area contributed by atoms with Crippen molar-refractivity contribution in [2.75, 3.05) is 7.11 Å². The van der Waals surface area contributed by atoms with Gasteiger partial charge >= 0.3 is 0 Å². The molecule has 0 amide bonds. The lowest BCUT2D eigenvalue weighted by Crippen LogP contribution is -2.22. The maximum absolute atomic E-state index is 12.8. The van der Waals surface area contributed by atoms with Crippen molar-refractivity contribution in [1.29, 1.82) is 0 Å². The molecule has 0 fully saturated rings.